The van der Waals surface area contributed by atoms with Gasteiger partial charge in [-0.15, -0.1) is 0 Å². The maximum atomic E-state index is 12.3. The summed E-state index contributed by atoms with van der Waals surface area (Å²) in [6.07, 6.45) is 1.56. The largest absolute Gasteiger partial charge is 0.488 e. The molecule has 9 heteroatoms. The molecule has 4 rings (SSSR count). The van der Waals surface area contributed by atoms with Crippen LogP contribution in [-0.4, -0.2) is 16.2 Å². The number of nitriles is 2. The Morgan fingerprint density at radius 1 is 1.06 bits per heavy atom. The molecule has 0 aliphatic heterocycles. The third-order valence-electron chi connectivity index (χ3n) is 4.94. The number of hydrogen-bond acceptors (Lipinski definition) is 7. The Bertz CT molecular complexity index is 1530. The molecule has 0 fully saturated rings. The van der Waals surface area contributed by atoms with Gasteiger partial charge in [0.15, 0.2) is 0 Å². The van der Waals surface area contributed by atoms with Crippen LogP contribution in [0.25, 0.3) is 11.3 Å². The van der Waals surface area contributed by atoms with Crippen LogP contribution in [0.3, 0.4) is 0 Å². The Morgan fingerprint density at radius 3 is 2.57 bits per heavy atom. The van der Waals surface area contributed by atoms with Crippen LogP contribution in [0, 0.1) is 22.7 Å². The second-order valence-corrected chi connectivity index (χ2v) is 8.09. The number of aromatic amines is 1. The summed E-state index contributed by atoms with van der Waals surface area (Å²) < 4.78 is 6.57. The van der Waals surface area contributed by atoms with Gasteiger partial charge in [-0.05, 0) is 45.8 Å². The summed E-state index contributed by atoms with van der Waals surface area (Å²) in [5.74, 6) is 0.729. The summed E-state index contributed by atoms with van der Waals surface area (Å²) >= 11 is 3.49. The van der Waals surface area contributed by atoms with Crippen molar-refractivity contribution in [1.82, 2.24) is 9.97 Å². The molecule has 1 heterocycles. The van der Waals surface area contributed by atoms with Gasteiger partial charge >= 0.3 is 0 Å². The van der Waals surface area contributed by atoms with Crippen molar-refractivity contribution in [1.29, 1.82) is 10.5 Å². The molecule has 8 nitrogen and oxygen atoms in total. The Hall–Kier alpha value is -4.73. The van der Waals surface area contributed by atoms with Crippen LogP contribution >= 0.6 is 15.9 Å². The molecule has 3 aromatic carbocycles. The molecule has 0 spiro atoms. The molecule has 0 saturated heterocycles. The first-order valence-electron chi connectivity index (χ1n) is 10.4. The van der Waals surface area contributed by atoms with E-state index in [1.807, 2.05) is 42.5 Å². The molecular formula is C26H17BrN6O2. The van der Waals surface area contributed by atoms with Crippen LogP contribution in [0.4, 0.5) is 5.95 Å². The third kappa shape index (κ3) is 5.61. The molecule has 0 aliphatic rings. The molecular weight excluding hydrogens is 508 g/mol. The van der Waals surface area contributed by atoms with Crippen LogP contribution in [-0.2, 0) is 6.61 Å². The molecule has 1 aromatic heterocycles. The molecule has 35 heavy (non-hydrogen) atoms. The Morgan fingerprint density at radius 2 is 1.83 bits per heavy atom. The van der Waals surface area contributed by atoms with Crippen molar-refractivity contribution in [3.05, 3.63) is 110 Å². The van der Waals surface area contributed by atoms with Crippen molar-refractivity contribution in [2.75, 3.05) is 5.43 Å². The van der Waals surface area contributed by atoms with Crippen LogP contribution < -0.4 is 15.7 Å². The summed E-state index contributed by atoms with van der Waals surface area (Å²) in [6, 6.07) is 25.7. The molecule has 0 saturated carbocycles. The van der Waals surface area contributed by atoms with Gasteiger partial charge in [-0.25, -0.2) is 10.4 Å². The molecule has 170 valence electrons. The molecule has 0 atom stereocenters. The monoisotopic (exact) mass is 524 g/mol. The van der Waals surface area contributed by atoms with Gasteiger partial charge in [0, 0.05) is 11.1 Å². The smallest absolute Gasteiger partial charge is 0.270 e. The van der Waals surface area contributed by atoms with Gasteiger partial charge < -0.3 is 4.74 Å². The SMILES string of the molecule is N#Cc1ccccc1COc1ccc(C=NNc2nc(-c3ccccc3)c(C#N)c(=O)[nH]2)cc1Br. The molecule has 2 N–H and O–H groups in total. The second kappa shape index (κ2) is 10.9. The van der Waals surface area contributed by atoms with E-state index in [2.05, 4.69) is 42.5 Å². The maximum absolute atomic E-state index is 12.3. The van der Waals surface area contributed by atoms with E-state index in [9.17, 15) is 15.3 Å². The number of nitrogens with zero attached hydrogens (tertiary/aromatic N) is 4. The van der Waals surface area contributed by atoms with Gasteiger partial charge in [0.25, 0.3) is 5.56 Å². The Kier molecular flexibility index (Phi) is 7.31. The Balaban J connectivity index is 1.47. The van der Waals surface area contributed by atoms with Crippen LogP contribution in [0.5, 0.6) is 5.75 Å². The number of aromatic nitrogens is 2. The fourth-order valence-corrected chi connectivity index (χ4v) is 3.74. The summed E-state index contributed by atoms with van der Waals surface area (Å²) in [5.41, 5.74) is 5.14. The number of hydrazone groups is 1. The second-order valence-electron chi connectivity index (χ2n) is 7.23. The number of halogens is 1. The van der Waals surface area contributed by atoms with Gasteiger partial charge in [-0.3, -0.25) is 9.78 Å². The minimum absolute atomic E-state index is 0.0670. The van der Waals surface area contributed by atoms with E-state index in [4.69, 9.17) is 4.74 Å². The van der Waals surface area contributed by atoms with E-state index in [1.54, 1.807) is 42.6 Å². The first-order valence-corrected chi connectivity index (χ1v) is 11.2. The third-order valence-corrected chi connectivity index (χ3v) is 5.56. The predicted octanol–water partition coefficient (Wildman–Crippen LogP) is 4.97. The van der Waals surface area contributed by atoms with Crippen molar-refractivity contribution in [2.24, 2.45) is 5.10 Å². The van der Waals surface area contributed by atoms with Gasteiger partial charge in [0.05, 0.1) is 28.0 Å². The van der Waals surface area contributed by atoms with Crippen LogP contribution in [0.15, 0.2) is 87.2 Å². The van der Waals surface area contributed by atoms with E-state index < -0.39 is 5.56 Å². The maximum Gasteiger partial charge on any atom is 0.270 e. The quantitative estimate of drug-likeness (QED) is 0.259. The number of anilines is 1. The van der Waals surface area contributed by atoms with Gasteiger partial charge in [0.2, 0.25) is 5.95 Å². The van der Waals surface area contributed by atoms with E-state index >= 15 is 0 Å². The zero-order valence-corrected chi connectivity index (χ0v) is 19.8. The number of nitrogens with one attached hydrogen (secondary N) is 2. The van der Waals surface area contributed by atoms with Crippen molar-refractivity contribution in [2.45, 2.75) is 6.61 Å². The van der Waals surface area contributed by atoms with Crippen molar-refractivity contribution >= 4 is 28.1 Å². The average molecular weight is 525 g/mol. The summed E-state index contributed by atoms with van der Waals surface area (Å²) in [7, 11) is 0. The molecule has 4 aromatic rings. The molecule has 0 bridgehead atoms. The number of hydrogen-bond donors (Lipinski definition) is 2. The average Bonchev–Trinajstić information content (AvgIpc) is 2.88. The number of rotatable bonds is 7. The highest BCUT2D eigenvalue weighted by atomic mass is 79.9. The van der Waals surface area contributed by atoms with E-state index in [-0.39, 0.29) is 23.8 Å². The van der Waals surface area contributed by atoms with E-state index in [0.717, 1.165) is 11.1 Å². The predicted molar refractivity (Wildman–Crippen MR) is 136 cm³/mol. The number of H-pyrrole nitrogens is 1. The Labute approximate surface area is 209 Å². The first-order chi connectivity index (χ1) is 17.1. The van der Waals surface area contributed by atoms with E-state index in [1.165, 1.54) is 0 Å². The fourth-order valence-electron chi connectivity index (χ4n) is 3.23. The summed E-state index contributed by atoms with van der Waals surface area (Å²) in [5, 5.41) is 22.7. The first kappa shape index (κ1) is 23.4. The van der Waals surface area contributed by atoms with Crippen LogP contribution in [0.2, 0.25) is 0 Å². The normalized spacial score (nSPS) is 10.5. The summed E-state index contributed by atoms with van der Waals surface area (Å²) in [6.45, 7) is 0.263. The van der Waals surface area contributed by atoms with Crippen molar-refractivity contribution in [3.63, 3.8) is 0 Å². The molecule has 0 radical (unpaired) electrons. The minimum atomic E-state index is -0.554. The fraction of sp³-hybridized carbons (Fsp3) is 0.0385. The lowest BCUT2D eigenvalue weighted by molar-refractivity contribution is 0.304. The molecule has 0 amide bonds. The van der Waals surface area contributed by atoms with Crippen LogP contribution in [0.1, 0.15) is 22.3 Å². The standard InChI is InChI=1S/C26H17BrN6O2/c27-22-12-17(10-11-23(22)35-16-20-9-5-4-8-19(20)13-28)15-30-33-26-31-24(18-6-2-1-3-7-18)21(14-29)25(34)32-26/h1-12,15H,16H2,(H2,31,32,33,34). The van der Waals surface area contributed by atoms with Gasteiger partial charge in [-0.1, -0.05) is 48.5 Å². The minimum Gasteiger partial charge on any atom is -0.488 e. The molecule has 0 unspecified atom stereocenters. The topological polar surface area (TPSA) is 127 Å². The van der Waals surface area contributed by atoms with Crippen molar-refractivity contribution in [3.8, 4) is 29.1 Å². The molecule has 0 aliphatic carbocycles. The highest BCUT2D eigenvalue weighted by molar-refractivity contribution is 9.10. The lowest BCUT2D eigenvalue weighted by Gasteiger charge is -2.10. The zero-order chi connectivity index (χ0) is 24.6. The summed E-state index contributed by atoms with van der Waals surface area (Å²) in [4.78, 5) is 19.2. The lowest BCUT2D eigenvalue weighted by atomic mass is 10.1. The number of benzene rings is 3. The van der Waals surface area contributed by atoms with E-state index in [0.29, 0.717) is 21.3 Å². The highest BCUT2D eigenvalue weighted by Crippen LogP contribution is 2.27. The van der Waals surface area contributed by atoms with Crippen molar-refractivity contribution < 1.29 is 4.74 Å². The van der Waals surface area contributed by atoms with Gasteiger partial charge in [0.1, 0.15) is 24.0 Å². The zero-order valence-electron chi connectivity index (χ0n) is 18.2. The highest BCUT2D eigenvalue weighted by Gasteiger charge is 2.13. The number of ether oxygens (including phenoxy) is 1. The van der Waals surface area contributed by atoms with Gasteiger partial charge in [-0.2, -0.15) is 15.6 Å². The lowest BCUT2D eigenvalue weighted by Crippen LogP contribution is -2.16.